The first kappa shape index (κ1) is 26.4. The average molecular weight is 444 g/mol. The van der Waals surface area contributed by atoms with Crippen molar-refractivity contribution in [1.29, 1.82) is 0 Å². The van der Waals surface area contributed by atoms with E-state index in [1.54, 1.807) is 31.2 Å². The van der Waals surface area contributed by atoms with Crippen LogP contribution in [0.3, 0.4) is 0 Å². The molecule has 8 nitrogen and oxygen atoms in total. The number of esters is 4. The summed E-state index contributed by atoms with van der Waals surface area (Å²) in [5.41, 5.74) is 1.68. The quantitative estimate of drug-likeness (QED) is 0.341. The topological polar surface area (TPSA) is 105 Å². The Labute approximate surface area is 187 Å². The molecule has 0 aromatic heterocycles. The molecular formula is C24H28O8. The van der Waals surface area contributed by atoms with E-state index < -0.39 is 17.9 Å². The molecule has 0 aliphatic rings. The molecule has 0 heterocycles. The number of rotatable bonds is 8. The Morgan fingerprint density at radius 1 is 0.594 bits per heavy atom. The number of carbonyl (C=O) groups excluding carboxylic acids is 4. The third-order valence-electron chi connectivity index (χ3n) is 4.09. The highest BCUT2D eigenvalue weighted by Gasteiger charge is 2.10. The largest absolute Gasteiger partial charge is 0.465 e. The van der Waals surface area contributed by atoms with Crippen LogP contribution in [0, 0.1) is 0 Å². The summed E-state index contributed by atoms with van der Waals surface area (Å²) < 4.78 is 18.9. The SMILES string of the molecule is CCCCOC(=O)c1ccc(C(=O)OC)cc1.CCOC(=O)c1ccc(C(=O)OC)cc1. The van der Waals surface area contributed by atoms with Crippen LogP contribution in [0.15, 0.2) is 48.5 Å². The lowest BCUT2D eigenvalue weighted by atomic mass is 10.1. The fourth-order valence-corrected chi connectivity index (χ4v) is 2.33. The first-order valence-electron chi connectivity index (χ1n) is 10.1. The molecule has 0 saturated carbocycles. The molecule has 2 aromatic carbocycles. The molecule has 0 aliphatic heterocycles. The summed E-state index contributed by atoms with van der Waals surface area (Å²) in [7, 11) is 2.62. The van der Waals surface area contributed by atoms with Crippen LogP contribution in [-0.2, 0) is 18.9 Å². The molecular weight excluding hydrogens is 416 g/mol. The Hall–Kier alpha value is -3.68. The highest BCUT2D eigenvalue weighted by molar-refractivity contribution is 5.94. The highest BCUT2D eigenvalue weighted by Crippen LogP contribution is 2.08. The molecule has 2 rings (SSSR count). The van der Waals surface area contributed by atoms with E-state index in [0.29, 0.717) is 35.5 Å². The number of unbranched alkanes of at least 4 members (excludes halogenated alkanes) is 1. The second-order valence-electron chi connectivity index (χ2n) is 6.35. The maximum Gasteiger partial charge on any atom is 0.338 e. The van der Waals surface area contributed by atoms with Crippen LogP contribution in [0.2, 0.25) is 0 Å². The van der Waals surface area contributed by atoms with Crippen molar-refractivity contribution in [2.75, 3.05) is 27.4 Å². The van der Waals surface area contributed by atoms with Gasteiger partial charge in [0.15, 0.2) is 0 Å². The molecule has 0 N–H and O–H groups in total. The van der Waals surface area contributed by atoms with Gasteiger partial charge in [-0.1, -0.05) is 13.3 Å². The minimum atomic E-state index is -0.426. The number of hydrogen-bond acceptors (Lipinski definition) is 8. The third kappa shape index (κ3) is 8.59. The highest BCUT2D eigenvalue weighted by atomic mass is 16.5. The molecule has 0 atom stereocenters. The van der Waals surface area contributed by atoms with Gasteiger partial charge >= 0.3 is 23.9 Å². The smallest absolute Gasteiger partial charge is 0.338 e. The van der Waals surface area contributed by atoms with Gasteiger partial charge in [-0.05, 0) is 61.9 Å². The number of benzene rings is 2. The molecule has 0 spiro atoms. The van der Waals surface area contributed by atoms with Gasteiger partial charge in [0, 0.05) is 0 Å². The van der Waals surface area contributed by atoms with E-state index in [2.05, 4.69) is 9.47 Å². The molecule has 0 radical (unpaired) electrons. The van der Waals surface area contributed by atoms with E-state index in [0.717, 1.165) is 12.8 Å². The van der Waals surface area contributed by atoms with Gasteiger partial charge in [-0.25, -0.2) is 19.2 Å². The molecule has 32 heavy (non-hydrogen) atoms. The molecule has 0 bridgehead atoms. The molecule has 8 heteroatoms. The van der Waals surface area contributed by atoms with Crippen molar-refractivity contribution in [1.82, 2.24) is 0 Å². The standard InChI is InChI=1S/C13H16O4.C11H12O4/c1-3-4-9-17-13(15)11-7-5-10(6-8-11)12(14)16-2;1-3-15-11(13)9-6-4-8(5-7-9)10(12)14-2/h5-8H,3-4,9H2,1-2H3;4-7H,3H2,1-2H3. The Morgan fingerprint density at radius 3 is 1.25 bits per heavy atom. The Bertz CT molecular complexity index is 885. The molecule has 2 aromatic rings. The Morgan fingerprint density at radius 2 is 0.938 bits per heavy atom. The molecule has 0 aliphatic carbocycles. The van der Waals surface area contributed by atoms with E-state index in [9.17, 15) is 19.2 Å². The summed E-state index contributed by atoms with van der Waals surface area (Å²) >= 11 is 0. The van der Waals surface area contributed by atoms with Gasteiger partial charge in [0.2, 0.25) is 0 Å². The molecule has 0 fully saturated rings. The second-order valence-corrected chi connectivity index (χ2v) is 6.35. The van der Waals surface area contributed by atoms with Crippen LogP contribution < -0.4 is 0 Å². The zero-order valence-corrected chi connectivity index (χ0v) is 18.7. The van der Waals surface area contributed by atoms with E-state index in [4.69, 9.17) is 9.47 Å². The Kier molecular flexibility index (Phi) is 11.8. The van der Waals surface area contributed by atoms with Gasteiger partial charge < -0.3 is 18.9 Å². The molecule has 172 valence electrons. The lowest BCUT2D eigenvalue weighted by Gasteiger charge is -2.04. The second kappa shape index (κ2) is 14.3. The number of carbonyl (C=O) groups is 4. The normalized spacial score (nSPS) is 9.62. The fourth-order valence-electron chi connectivity index (χ4n) is 2.33. The summed E-state index contributed by atoms with van der Waals surface area (Å²) in [6.45, 7) is 4.52. The summed E-state index contributed by atoms with van der Waals surface area (Å²) in [4.78, 5) is 45.0. The third-order valence-corrected chi connectivity index (χ3v) is 4.09. The zero-order chi connectivity index (χ0) is 23.9. The first-order valence-corrected chi connectivity index (χ1v) is 10.1. The summed E-state index contributed by atoms with van der Waals surface area (Å²) in [6.07, 6.45) is 1.83. The van der Waals surface area contributed by atoms with Crippen LogP contribution in [0.5, 0.6) is 0 Å². The van der Waals surface area contributed by atoms with Crippen molar-refractivity contribution in [3.8, 4) is 0 Å². The van der Waals surface area contributed by atoms with Crippen molar-refractivity contribution in [3.63, 3.8) is 0 Å². The summed E-state index contributed by atoms with van der Waals surface area (Å²) in [5, 5.41) is 0. The van der Waals surface area contributed by atoms with Gasteiger partial charge in [-0.15, -0.1) is 0 Å². The van der Waals surface area contributed by atoms with Crippen molar-refractivity contribution < 1.29 is 38.1 Å². The van der Waals surface area contributed by atoms with Gasteiger partial charge in [-0.3, -0.25) is 0 Å². The molecule has 0 saturated heterocycles. The average Bonchev–Trinajstić information content (AvgIpc) is 2.83. The van der Waals surface area contributed by atoms with Gasteiger partial charge in [0.25, 0.3) is 0 Å². The van der Waals surface area contributed by atoms with E-state index in [1.165, 1.54) is 38.5 Å². The van der Waals surface area contributed by atoms with E-state index in [-0.39, 0.29) is 5.97 Å². The predicted molar refractivity (Wildman–Crippen MR) is 117 cm³/mol. The van der Waals surface area contributed by atoms with E-state index >= 15 is 0 Å². The number of hydrogen-bond donors (Lipinski definition) is 0. The van der Waals surface area contributed by atoms with Crippen LogP contribution in [-0.4, -0.2) is 51.3 Å². The monoisotopic (exact) mass is 444 g/mol. The maximum absolute atomic E-state index is 11.5. The Balaban J connectivity index is 0.000000323. The maximum atomic E-state index is 11.5. The van der Waals surface area contributed by atoms with Crippen molar-refractivity contribution in [2.24, 2.45) is 0 Å². The number of methoxy groups -OCH3 is 2. The minimum Gasteiger partial charge on any atom is -0.465 e. The summed E-state index contributed by atoms with van der Waals surface area (Å²) in [6, 6.07) is 12.3. The fraction of sp³-hybridized carbons (Fsp3) is 0.333. The van der Waals surface area contributed by atoms with Crippen LogP contribution in [0.4, 0.5) is 0 Å². The van der Waals surface area contributed by atoms with Crippen LogP contribution in [0.25, 0.3) is 0 Å². The van der Waals surface area contributed by atoms with Gasteiger partial charge in [0.05, 0.1) is 49.7 Å². The van der Waals surface area contributed by atoms with Gasteiger partial charge in [0.1, 0.15) is 0 Å². The summed E-state index contributed by atoms with van der Waals surface area (Å²) in [5.74, 6) is -1.61. The van der Waals surface area contributed by atoms with Crippen LogP contribution >= 0.6 is 0 Å². The lowest BCUT2D eigenvalue weighted by Crippen LogP contribution is -2.07. The molecule has 0 unspecified atom stereocenters. The zero-order valence-electron chi connectivity index (χ0n) is 18.7. The predicted octanol–water partition coefficient (Wildman–Crippen LogP) is 4.08. The number of ether oxygens (including phenoxy) is 4. The van der Waals surface area contributed by atoms with Crippen molar-refractivity contribution in [3.05, 3.63) is 70.8 Å². The van der Waals surface area contributed by atoms with Crippen LogP contribution in [0.1, 0.15) is 68.1 Å². The van der Waals surface area contributed by atoms with Gasteiger partial charge in [-0.2, -0.15) is 0 Å². The first-order chi connectivity index (χ1) is 15.4. The lowest BCUT2D eigenvalue weighted by molar-refractivity contribution is 0.0495. The van der Waals surface area contributed by atoms with Crippen molar-refractivity contribution in [2.45, 2.75) is 26.7 Å². The van der Waals surface area contributed by atoms with E-state index in [1.807, 2.05) is 6.92 Å². The minimum absolute atomic E-state index is 0.331. The molecule has 0 amide bonds. The van der Waals surface area contributed by atoms with Crippen molar-refractivity contribution >= 4 is 23.9 Å².